The number of aliphatic hydroxyl groups excluding tert-OH is 2. The molecular weight excluding hydrogens is 622 g/mol. The number of carbonyl (C=O) groups is 3. The lowest BCUT2D eigenvalue weighted by molar-refractivity contribution is -0.757. The molecule has 12 heteroatoms. The summed E-state index contributed by atoms with van der Waals surface area (Å²) in [6.07, 6.45) is 15.8. The minimum Gasteiger partial charge on any atom is -0.493 e. The molecule has 12 nitrogen and oxygen atoms in total. The van der Waals surface area contributed by atoms with Crippen LogP contribution in [0.5, 0.6) is 11.5 Å². The summed E-state index contributed by atoms with van der Waals surface area (Å²) in [5.74, 6) is -0.364. The zero-order chi connectivity index (χ0) is 35.1. The average Bonchev–Trinajstić information content (AvgIpc) is 3.33. The number of esters is 2. The van der Waals surface area contributed by atoms with Crippen molar-refractivity contribution in [3.63, 3.8) is 0 Å². The van der Waals surface area contributed by atoms with E-state index in [9.17, 15) is 34.7 Å². The number of benzene rings is 1. The van der Waals surface area contributed by atoms with E-state index in [0.717, 1.165) is 19.3 Å². The van der Waals surface area contributed by atoms with Crippen LogP contribution in [0.1, 0.15) is 109 Å². The fourth-order valence-corrected chi connectivity index (χ4v) is 5.79. The second kappa shape index (κ2) is 23.5. The van der Waals surface area contributed by atoms with Crippen molar-refractivity contribution in [3.05, 3.63) is 52.1 Å². The lowest BCUT2D eigenvalue weighted by Crippen LogP contribution is -2.22. The van der Waals surface area contributed by atoms with Gasteiger partial charge in [-0.15, -0.1) is 10.1 Å². The van der Waals surface area contributed by atoms with Crippen LogP contribution < -0.4 is 9.47 Å². The fraction of sp³-hybridized carbons (Fsp3) is 0.639. The van der Waals surface area contributed by atoms with Gasteiger partial charge in [-0.3, -0.25) is 9.59 Å². The number of ether oxygens (including phenoxy) is 3. The Bertz CT molecular complexity index is 1200. The largest absolute Gasteiger partial charge is 0.493 e. The number of allylic oxidation sites excluding steroid dienone is 2. The van der Waals surface area contributed by atoms with Crippen LogP contribution in [0.3, 0.4) is 0 Å². The molecule has 0 amide bonds. The molecule has 268 valence electrons. The minimum absolute atomic E-state index is 0.0574. The highest BCUT2D eigenvalue weighted by Crippen LogP contribution is 2.38. The number of hydrogen-bond donors (Lipinski definition) is 2. The number of carbonyl (C=O) groups excluding carboxylic acids is 3. The number of nitrogens with zero attached hydrogens (tertiary/aromatic N) is 1. The molecule has 1 aromatic carbocycles. The van der Waals surface area contributed by atoms with Gasteiger partial charge in [0.05, 0.1) is 32.5 Å². The average molecular weight is 676 g/mol. The number of methoxy groups -OCH3 is 1. The van der Waals surface area contributed by atoms with Gasteiger partial charge < -0.3 is 29.3 Å². The Morgan fingerprint density at radius 3 is 2.42 bits per heavy atom. The first-order valence-electron chi connectivity index (χ1n) is 17.2. The van der Waals surface area contributed by atoms with Crippen LogP contribution in [-0.4, -0.2) is 65.6 Å². The van der Waals surface area contributed by atoms with Crippen LogP contribution in [0.4, 0.5) is 0 Å². The third kappa shape index (κ3) is 16.4. The molecule has 4 atom stereocenters. The first kappa shape index (κ1) is 40.4. The van der Waals surface area contributed by atoms with Crippen molar-refractivity contribution in [1.82, 2.24) is 0 Å². The van der Waals surface area contributed by atoms with E-state index < -0.39 is 29.2 Å². The van der Waals surface area contributed by atoms with Gasteiger partial charge in [0.15, 0.2) is 11.5 Å². The van der Waals surface area contributed by atoms with Gasteiger partial charge in [0.2, 0.25) is 0 Å². The lowest BCUT2D eigenvalue weighted by atomic mass is 9.86. The van der Waals surface area contributed by atoms with Crippen molar-refractivity contribution in [3.8, 4) is 11.5 Å². The summed E-state index contributed by atoms with van der Waals surface area (Å²) in [7, 11) is 1.44. The summed E-state index contributed by atoms with van der Waals surface area (Å²) < 4.78 is 15.9. The van der Waals surface area contributed by atoms with Crippen LogP contribution in [0.15, 0.2) is 36.4 Å². The quantitative estimate of drug-likeness (QED) is 0.0226. The van der Waals surface area contributed by atoms with E-state index in [1.165, 1.54) is 32.1 Å². The number of aliphatic hydroxyl groups is 2. The zero-order valence-corrected chi connectivity index (χ0v) is 28.4. The molecular formula is C36H53NO11. The number of rotatable bonds is 25. The molecule has 0 unspecified atom stereocenters. The van der Waals surface area contributed by atoms with Gasteiger partial charge in [-0.05, 0) is 87.0 Å². The molecule has 1 aliphatic carbocycles. The van der Waals surface area contributed by atoms with Crippen molar-refractivity contribution >= 4 is 23.8 Å². The summed E-state index contributed by atoms with van der Waals surface area (Å²) in [5.41, 5.74) is 0.625. The molecule has 1 saturated carbocycles. The summed E-state index contributed by atoms with van der Waals surface area (Å²) in [5, 5.41) is 30.3. The molecule has 0 saturated heterocycles. The number of hydrogen-bond acceptors (Lipinski definition) is 11. The Morgan fingerprint density at radius 2 is 1.67 bits per heavy atom. The normalized spacial score (nSPS) is 19.1. The maximum Gasteiger partial charge on any atom is 0.330 e. The predicted octanol–water partition coefficient (Wildman–Crippen LogP) is 6.33. The van der Waals surface area contributed by atoms with E-state index in [4.69, 9.17) is 14.2 Å². The molecule has 0 heterocycles. The smallest absolute Gasteiger partial charge is 0.330 e. The first-order chi connectivity index (χ1) is 23.1. The minimum atomic E-state index is -0.868. The molecule has 1 aromatic rings. The number of unbranched alkanes of at least 4 members (excludes halogenated alkanes) is 6. The van der Waals surface area contributed by atoms with Crippen LogP contribution in [-0.2, 0) is 24.0 Å². The first-order valence-corrected chi connectivity index (χ1v) is 17.2. The lowest BCUT2D eigenvalue weighted by Gasteiger charge is -2.22. The van der Waals surface area contributed by atoms with Gasteiger partial charge >= 0.3 is 11.9 Å². The Morgan fingerprint density at radius 1 is 0.917 bits per heavy atom. The van der Waals surface area contributed by atoms with E-state index >= 15 is 0 Å². The van der Waals surface area contributed by atoms with Crippen molar-refractivity contribution in [2.75, 3.05) is 20.3 Å². The standard InChI is InChI=1S/C36H53NO11/c1-3-4-5-6-9-14-28(38)19-20-30-29(31(39)26-32(30)40)15-10-7-8-11-16-36(42)48-33-21-17-27(25-34(33)45-2)18-22-35(41)46-23-12-13-24-47-37(43)44/h7,10,17-18,21-22,25,29-32,39-40H,3-6,8-9,11-16,19-20,23-24,26H2,1-2H3/t29-,30-,31+,32-/m1/s1. The highest BCUT2D eigenvalue weighted by atomic mass is 16.9. The molecule has 2 rings (SSSR count). The highest BCUT2D eigenvalue weighted by Gasteiger charge is 2.40. The molecule has 0 spiro atoms. The van der Waals surface area contributed by atoms with Crippen LogP contribution in [0, 0.1) is 22.0 Å². The summed E-state index contributed by atoms with van der Waals surface area (Å²) in [6.45, 7) is 2.21. The fourth-order valence-electron chi connectivity index (χ4n) is 5.79. The maximum absolute atomic E-state index is 12.5. The Balaban J connectivity index is 1.71. The van der Waals surface area contributed by atoms with Gasteiger partial charge in [-0.2, -0.15) is 0 Å². The molecule has 0 radical (unpaired) electrons. The second-order valence-corrected chi connectivity index (χ2v) is 12.2. The van der Waals surface area contributed by atoms with Gasteiger partial charge in [-0.25, -0.2) is 4.79 Å². The van der Waals surface area contributed by atoms with E-state index in [1.54, 1.807) is 18.2 Å². The third-order valence-corrected chi connectivity index (χ3v) is 8.47. The van der Waals surface area contributed by atoms with Gasteiger partial charge in [-0.1, -0.05) is 50.8 Å². The summed E-state index contributed by atoms with van der Waals surface area (Å²) >= 11 is 0. The summed E-state index contributed by atoms with van der Waals surface area (Å²) in [6, 6.07) is 4.87. The van der Waals surface area contributed by atoms with Crippen molar-refractivity contribution in [1.29, 1.82) is 0 Å². The molecule has 0 aliphatic heterocycles. The monoisotopic (exact) mass is 675 g/mol. The third-order valence-electron chi connectivity index (χ3n) is 8.47. The van der Waals surface area contributed by atoms with Crippen LogP contribution >= 0.6 is 0 Å². The molecule has 0 aromatic heterocycles. The summed E-state index contributed by atoms with van der Waals surface area (Å²) in [4.78, 5) is 51.0. The number of Topliss-reactive ketones (excluding diaryl/α,β-unsaturated/α-hetero) is 1. The van der Waals surface area contributed by atoms with Crippen molar-refractivity contribution in [2.45, 2.75) is 115 Å². The maximum atomic E-state index is 12.5. The Kier molecular flexibility index (Phi) is 19.8. The van der Waals surface area contributed by atoms with Crippen LogP contribution in [0.2, 0.25) is 0 Å². The zero-order valence-electron chi connectivity index (χ0n) is 28.4. The molecule has 1 fully saturated rings. The van der Waals surface area contributed by atoms with Crippen molar-refractivity contribution < 1.29 is 48.7 Å². The van der Waals surface area contributed by atoms with E-state index in [1.807, 2.05) is 12.2 Å². The van der Waals surface area contributed by atoms with E-state index in [-0.39, 0.29) is 43.0 Å². The van der Waals surface area contributed by atoms with Gasteiger partial charge in [0, 0.05) is 25.3 Å². The van der Waals surface area contributed by atoms with Crippen LogP contribution in [0.25, 0.3) is 6.08 Å². The van der Waals surface area contributed by atoms with Gasteiger partial charge in [0.25, 0.3) is 5.09 Å². The predicted molar refractivity (Wildman–Crippen MR) is 180 cm³/mol. The Hall–Kier alpha value is -3.77. The topological polar surface area (TPSA) is 172 Å². The van der Waals surface area contributed by atoms with Crippen molar-refractivity contribution in [2.24, 2.45) is 11.8 Å². The molecule has 48 heavy (non-hydrogen) atoms. The second-order valence-electron chi connectivity index (χ2n) is 12.2. The van der Waals surface area contributed by atoms with E-state index in [0.29, 0.717) is 69.1 Å². The Labute approximate surface area is 283 Å². The highest BCUT2D eigenvalue weighted by molar-refractivity contribution is 5.87. The molecule has 2 N–H and O–H groups in total. The van der Waals surface area contributed by atoms with Gasteiger partial charge in [0.1, 0.15) is 5.78 Å². The molecule has 0 bridgehead atoms. The molecule has 1 aliphatic rings. The SMILES string of the molecule is CCCCCCCC(=O)CC[C@@H]1[C@@H](CC=CCCCC(=O)Oc2ccc(C=CC(=O)OCCCCO[N+](=O)[O-])cc2OC)[C@@H](O)C[C@H]1O. The number of ketones is 1. The van der Waals surface area contributed by atoms with E-state index in [2.05, 4.69) is 11.8 Å².